The minimum absolute atomic E-state index is 0.143. The van der Waals surface area contributed by atoms with Crippen LogP contribution in [0.5, 0.6) is 0 Å². The quantitative estimate of drug-likeness (QED) is 0.908. The summed E-state index contributed by atoms with van der Waals surface area (Å²) >= 11 is 0. The van der Waals surface area contributed by atoms with Crippen molar-refractivity contribution in [1.82, 2.24) is 15.1 Å². The lowest BCUT2D eigenvalue weighted by molar-refractivity contribution is 0.0169. The highest BCUT2D eigenvalue weighted by molar-refractivity contribution is 5.26. The van der Waals surface area contributed by atoms with Gasteiger partial charge in [-0.15, -0.1) is 5.10 Å². The number of aliphatic hydroxyl groups is 1. The second-order valence-corrected chi connectivity index (χ2v) is 6.64. The van der Waals surface area contributed by atoms with E-state index >= 15 is 0 Å². The van der Waals surface area contributed by atoms with Gasteiger partial charge in [-0.1, -0.05) is 17.9 Å². The van der Waals surface area contributed by atoms with Crippen LogP contribution in [0.15, 0.2) is 4.42 Å². The second kappa shape index (κ2) is 5.57. The molecule has 116 valence electrons. The van der Waals surface area contributed by atoms with E-state index in [1.165, 1.54) is 25.7 Å². The first-order valence-corrected chi connectivity index (χ1v) is 8.32. The summed E-state index contributed by atoms with van der Waals surface area (Å²) in [5.74, 6) is 1.33. The Balaban J connectivity index is 1.35. The molecule has 0 spiro atoms. The Labute approximate surface area is 125 Å². The molecule has 0 unspecified atom stereocenters. The molecule has 2 heterocycles. The summed E-state index contributed by atoms with van der Waals surface area (Å²) in [6, 6.07) is 1.03. The Bertz CT molecular complexity index is 480. The van der Waals surface area contributed by atoms with Crippen molar-refractivity contribution in [3.8, 4) is 0 Å². The number of aromatic nitrogens is 2. The van der Waals surface area contributed by atoms with Crippen LogP contribution < -0.4 is 4.90 Å². The summed E-state index contributed by atoms with van der Waals surface area (Å²) in [4.78, 5) is 4.63. The predicted octanol–water partition coefficient (Wildman–Crippen LogP) is 1.37. The molecule has 3 aliphatic rings. The monoisotopic (exact) mass is 292 g/mol. The van der Waals surface area contributed by atoms with Gasteiger partial charge in [-0.2, -0.15) is 0 Å². The van der Waals surface area contributed by atoms with Crippen molar-refractivity contribution < 1.29 is 9.52 Å². The molecule has 1 aliphatic heterocycles. The zero-order chi connectivity index (χ0) is 14.2. The molecule has 1 aromatic heterocycles. The number of hydrogen-bond donors (Lipinski definition) is 1. The largest absolute Gasteiger partial charge is 0.408 e. The smallest absolute Gasteiger partial charge is 0.318 e. The average Bonchev–Trinajstić information content (AvgIpc) is 3.26. The first-order chi connectivity index (χ1) is 10.3. The lowest BCUT2D eigenvalue weighted by atomic mass is 9.91. The fourth-order valence-corrected chi connectivity index (χ4v) is 3.61. The van der Waals surface area contributed by atoms with Gasteiger partial charge in [0.1, 0.15) is 0 Å². The van der Waals surface area contributed by atoms with Gasteiger partial charge in [-0.3, -0.25) is 4.90 Å². The van der Waals surface area contributed by atoms with E-state index in [0.717, 1.165) is 44.9 Å². The molecule has 1 aromatic rings. The van der Waals surface area contributed by atoms with Gasteiger partial charge in [0.15, 0.2) is 0 Å². The normalized spacial score (nSPS) is 31.6. The molecule has 2 aliphatic carbocycles. The summed E-state index contributed by atoms with van der Waals surface area (Å²) in [7, 11) is 0. The van der Waals surface area contributed by atoms with Crippen molar-refractivity contribution >= 4 is 6.01 Å². The van der Waals surface area contributed by atoms with Gasteiger partial charge in [0.25, 0.3) is 0 Å². The van der Waals surface area contributed by atoms with E-state index in [1.54, 1.807) is 0 Å². The van der Waals surface area contributed by atoms with E-state index in [-0.39, 0.29) is 6.10 Å². The van der Waals surface area contributed by atoms with E-state index < -0.39 is 0 Å². The molecule has 4 rings (SSSR count). The number of hydrogen-bond acceptors (Lipinski definition) is 6. The van der Waals surface area contributed by atoms with Crippen LogP contribution in [-0.2, 0) is 0 Å². The van der Waals surface area contributed by atoms with E-state index in [4.69, 9.17) is 4.42 Å². The van der Waals surface area contributed by atoms with Gasteiger partial charge in [-0.25, -0.2) is 0 Å². The van der Waals surface area contributed by atoms with Gasteiger partial charge in [0.2, 0.25) is 5.89 Å². The Morgan fingerprint density at radius 2 is 1.71 bits per heavy atom. The maximum Gasteiger partial charge on any atom is 0.318 e. The van der Waals surface area contributed by atoms with Gasteiger partial charge < -0.3 is 14.4 Å². The summed E-state index contributed by atoms with van der Waals surface area (Å²) in [6.07, 6.45) is 6.74. The molecule has 1 N–H and O–H groups in total. The van der Waals surface area contributed by atoms with E-state index in [0.29, 0.717) is 18.0 Å². The first-order valence-electron chi connectivity index (χ1n) is 8.32. The maximum atomic E-state index is 10.2. The van der Waals surface area contributed by atoms with Gasteiger partial charge >= 0.3 is 6.01 Å². The predicted molar refractivity (Wildman–Crippen MR) is 78.3 cm³/mol. The Morgan fingerprint density at radius 3 is 2.43 bits per heavy atom. The molecule has 6 heteroatoms. The standard InChI is InChI=1S/C15H24N4O2/c20-13-4-2-1-3-12(13)18-7-9-19(10-8-18)15-17-16-14(21-15)11-5-6-11/h11-13,20H,1-10H2/t12-,13-/m1/s1. The van der Waals surface area contributed by atoms with Crippen molar-refractivity contribution in [2.24, 2.45) is 0 Å². The van der Waals surface area contributed by atoms with Crippen LogP contribution in [0.3, 0.4) is 0 Å². The summed E-state index contributed by atoms with van der Waals surface area (Å²) in [6.45, 7) is 3.77. The van der Waals surface area contributed by atoms with E-state index in [9.17, 15) is 5.11 Å². The Morgan fingerprint density at radius 1 is 0.952 bits per heavy atom. The third kappa shape index (κ3) is 2.79. The summed E-state index contributed by atoms with van der Waals surface area (Å²) in [5, 5.41) is 18.5. The minimum Gasteiger partial charge on any atom is -0.408 e. The number of piperazine rings is 1. The van der Waals surface area contributed by atoms with Crippen molar-refractivity contribution in [3.05, 3.63) is 5.89 Å². The van der Waals surface area contributed by atoms with Crippen molar-refractivity contribution in [2.75, 3.05) is 31.1 Å². The second-order valence-electron chi connectivity index (χ2n) is 6.64. The van der Waals surface area contributed by atoms with Crippen molar-refractivity contribution in [1.29, 1.82) is 0 Å². The average molecular weight is 292 g/mol. The molecular formula is C15H24N4O2. The third-order valence-electron chi connectivity index (χ3n) is 5.10. The third-order valence-corrected chi connectivity index (χ3v) is 5.10. The molecule has 0 bridgehead atoms. The van der Waals surface area contributed by atoms with Crippen LogP contribution in [0.25, 0.3) is 0 Å². The van der Waals surface area contributed by atoms with Crippen LogP contribution >= 0.6 is 0 Å². The summed E-state index contributed by atoms with van der Waals surface area (Å²) in [5.41, 5.74) is 0. The van der Waals surface area contributed by atoms with Gasteiger partial charge in [0, 0.05) is 38.1 Å². The van der Waals surface area contributed by atoms with Gasteiger partial charge in [0.05, 0.1) is 6.10 Å². The highest BCUT2D eigenvalue weighted by atomic mass is 16.4. The van der Waals surface area contributed by atoms with Crippen LogP contribution in [0.4, 0.5) is 6.01 Å². The topological polar surface area (TPSA) is 65.6 Å². The summed E-state index contributed by atoms with van der Waals surface area (Å²) < 4.78 is 5.78. The van der Waals surface area contributed by atoms with Crippen LogP contribution in [0, 0.1) is 0 Å². The molecule has 1 saturated heterocycles. The van der Waals surface area contributed by atoms with Crippen molar-refractivity contribution in [2.45, 2.75) is 56.6 Å². The highest BCUT2D eigenvalue weighted by Gasteiger charge is 2.33. The van der Waals surface area contributed by atoms with Crippen molar-refractivity contribution in [3.63, 3.8) is 0 Å². The number of anilines is 1. The molecule has 2 saturated carbocycles. The molecule has 3 fully saturated rings. The molecule has 2 atom stereocenters. The molecule has 21 heavy (non-hydrogen) atoms. The number of aliphatic hydroxyl groups excluding tert-OH is 1. The lowest BCUT2D eigenvalue weighted by Gasteiger charge is -2.42. The zero-order valence-electron chi connectivity index (χ0n) is 12.4. The Hall–Kier alpha value is -1.14. The fourth-order valence-electron chi connectivity index (χ4n) is 3.61. The SMILES string of the molecule is O[C@@H]1CCCC[C@H]1N1CCN(c2nnc(C3CC3)o2)CC1. The molecule has 0 aromatic carbocycles. The first kappa shape index (κ1) is 13.5. The molecule has 6 nitrogen and oxygen atoms in total. The molecule has 0 amide bonds. The Kier molecular flexibility index (Phi) is 3.59. The molecule has 0 radical (unpaired) electrons. The van der Waals surface area contributed by atoms with E-state index in [1.807, 2.05) is 0 Å². The highest BCUT2D eigenvalue weighted by Crippen LogP contribution is 2.39. The zero-order valence-corrected chi connectivity index (χ0v) is 12.4. The number of nitrogens with zero attached hydrogens (tertiary/aromatic N) is 4. The lowest BCUT2D eigenvalue weighted by Crippen LogP contribution is -2.54. The van der Waals surface area contributed by atoms with Crippen LogP contribution in [-0.4, -0.2) is 58.5 Å². The van der Waals surface area contributed by atoms with Crippen LogP contribution in [0.2, 0.25) is 0 Å². The minimum atomic E-state index is -0.143. The fraction of sp³-hybridized carbons (Fsp3) is 0.867. The number of rotatable bonds is 3. The van der Waals surface area contributed by atoms with Crippen LogP contribution in [0.1, 0.15) is 50.3 Å². The molecular weight excluding hydrogens is 268 g/mol. The van der Waals surface area contributed by atoms with Gasteiger partial charge in [-0.05, 0) is 25.7 Å². The maximum absolute atomic E-state index is 10.2. The van der Waals surface area contributed by atoms with E-state index in [2.05, 4.69) is 20.0 Å².